The second kappa shape index (κ2) is 7.40. The lowest BCUT2D eigenvalue weighted by molar-refractivity contribution is 0.0302. The van der Waals surface area contributed by atoms with E-state index in [2.05, 4.69) is 20.5 Å². The van der Waals surface area contributed by atoms with E-state index in [1.54, 1.807) is 23.1 Å². The van der Waals surface area contributed by atoms with Crippen LogP contribution >= 0.6 is 0 Å². The number of carbonyl (C=O) groups excluding carboxylic acids is 2. The molecule has 3 aromatic rings. The van der Waals surface area contributed by atoms with Crippen LogP contribution in [0.25, 0.3) is 11.0 Å². The zero-order chi connectivity index (χ0) is 19.7. The lowest BCUT2D eigenvalue weighted by Gasteiger charge is -2.27. The standard InChI is InChI=1S/C20H21N5O3/c1-12-3-4-15(10-16(12)20(27)25-5-7-28-8-6-25)22-19(26)14-9-17-13(2)23-24-18(17)21-11-14/h3-4,9-11H,5-8H2,1-2H3,(H,22,26)(H,21,23,24). The number of anilines is 1. The highest BCUT2D eigenvalue weighted by atomic mass is 16.5. The molecule has 2 aromatic heterocycles. The summed E-state index contributed by atoms with van der Waals surface area (Å²) in [5, 5.41) is 10.6. The number of fused-ring (bicyclic) bond motifs is 1. The van der Waals surface area contributed by atoms with Gasteiger partial charge in [-0.15, -0.1) is 0 Å². The van der Waals surface area contributed by atoms with Crippen LogP contribution in [0.1, 0.15) is 32.0 Å². The Balaban J connectivity index is 1.56. The number of aromatic amines is 1. The van der Waals surface area contributed by atoms with Gasteiger partial charge in [-0.3, -0.25) is 14.7 Å². The Labute approximate surface area is 161 Å². The zero-order valence-electron chi connectivity index (χ0n) is 15.8. The van der Waals surface area contributed by atoms with E-state index in [1.165, 1.54) is 6.20 Å². The van der Waals surface area contributed by atoms with Crippen LogP contribution in [-0.2, 0) is 4.74 Å². The van der Waals surface area contributed by atoms with Crippen molar-refractivity contribution in [1.82, 2.24) is 20.1 Å². The number of ether oxygens (including phenoxy) is 1. The van der Waals surface area contributed by atoms with Crippen LogP contribution in [0.3, 0.4) is 0 Å². The number of amides is 2. The van der Waals surface area contributed by atoms with Gasteiger partial charge in [0, 0.05) is 41.6 Å². The van der Waals surface area contributed by atoms with Gasteiger partial charge in [-0.1, -0.05) is 6.07 Å². The van der Waals surface area contributed by atoms with E-state index in [9.17, 15) is 9.59 Å². The molecule has 2 N–H and O–H groups in total. The maximum atomic E-state index is 12.8. The molecular weight excluding hydrogens is 358 g/mol. The van der Waals surface area contributed by atoms with Gasteiger partial charge in [-0.05, 0) is 37.6 Å². The summed E-state index contributed by atoms with van der Waals surface area (Å²) in [6.07, 6.45) is 1.49. The summed E-state index contributed by atoms with van der Waals surface area (Å²) >= 11 is 0. The molecule has 0 atom stereocenters. The second-order valence-electron chi connectivity index (χ2n) is 6.83. The van der Waals surface area contributed by atoms with Gasteiger partial charge in [0.15, 0.2) is 5.65 Å². The van der Waals surface area contributed by atoms with Gasteiger partial charge in [-0.2, -0.15) is 5.10 Å². The fourth-order valence-electron chi connectivity index (χ4n) is 3.21. The third-order valence-corrected chi connectivity index (χ3v) is 4.89. The number of aryl methyl sites for hydroxylation is 2. The second-order valence-corrected chi connectivity index (χ2v) is 6.83. The highest BCUT2D eigenvalue weighted by Gasteiger charge is 2.21. The largest absolute Gasteiger partial charge is 0.378 e. The maximum Gasteiger partial charge on any atom is 0.257 e. The molecule has 0 spiro atoms. The molecule has 8 heteroatoms. The van der Waals surface area contributed by atoms with Crippen molar-refractivity contribution in [1.29, 1.82) is 0 Å². The third kappa shape index (κ3) is 3.46. The number of pyridine rings is 1. The smallest absolute Gasteiger partial charge is 0.257 e. The first-order chi connectivity index (χ1) is 13.5. The third-order valence-electron chi connectivity index (χ3n) is 4.89. The minimum absolute atomic E-state index is 0.0472. The SMILES string of the molecule is Cc1ccc(NC(=O)c2cnc3n[nH]c(C)c3c2)cc1C(=O)N1CCOCC1. The van der Waals surface area contributed by atoms with Gasteiger partial charge in [0.2, 0.25) is 0 Å². The van der Waals surface area contributed by atoms with E-state index in [1.807, 2.05) is 19.9 Å². The molecule has 28 heavy (non-hydrogen) atoms. The van der Waals surface area contributed by atoms with E-state index < -0.39 is 0 Å². The fraction of sp³-hybridized carbons (Fsp3) is 0.300. The Bertz CT molecular complexity index is 1050. The number of H-pyrrole nitrogens is 1. The Kier molecular flexibility index (Phi) is 4.79. The normalized spacial score (nSPS) is 14.3. The molecule has 1 aromatic carbocycles. The summed E-state index contributed by atoms with van der Waals surface area (Å²) in [6, 6.07) is 7.11. The first-order valence-electron chi connectivity index (χ1n) is 9.12. The number of nitrogens with zero attached hydrogens (tertiary/aromatic N) is 3. The Morgan fingerprint density at radius 1 is 1.18 bits per heavy atom. The molecule has 144 valence electrons. The first-order valence-corrected chi connectivity index (χ1v) is 9.12. The molecular formula is C20H21N5O3. The minimum Gasteiger partial charge on any atom is -0.378 e. The zero-order valence-corrected chi connectivity index (χ0v) is 15.8. The number of hydrogen-bond donors (Lipinski definition) is 2. The number of rotatable bonds is 3. The Hall–Kier alpha value is -3.26. The number of benzene rings is 1. The van der Waals surface area contributed by atoms with E-state index >= 15 is 0 Å². The molecule has 2 amide bonds. The van der Waals surface area contributed by atoms with E-state index in [0.717, 1.165) is 16.6 Å². The van der Waals surface area contributed by atoms with Gasteiger partial charge >= 0.3 is 0 Å². The number of hydrogen-bond acceptors (Lipinski definition) is 5. The van der Waals surface area contributed by atoms with Crippen LogP contribution in [0.4, 0.5) is 5.69 Å². The van der Waals surface area contributed by atoms with Crippen LogP contribution in [0, 0.1) is 13.8 Å². The summed E-state index contributed by atoms with van der Waals surface area (Å²) in [7, 11) is 0. The van der Waals surface area contributed by atoms with Crippen molar-refractivity contribution in [3.05, 3.63) is 52.8 Å². The first kappa shape index (κ1) is 18.1. The van der Waals surface area contributed by atoms with Gasteiger partial charge < -0.3 is 15.0 Å². The van der Waals surface area contributed by atoms with Crippen molar-refractivity contribution in [2.24, 2.45) is 0 Å². The summed E-state index contributed by atoms with van der Waals surface area (Å²) in [5.74, 6) is -0.336. The van der Waals surface area contributed by atoms with Crippen molar-refractivity contribution in [3.63, 3.8) is 0 Å². The van der Waals surface area contributed by atoms with E-state index in [0.29, 0.717) is 48.8 Å². The number of nitrogens with one attached hydrogen (secondary N) is 2. The highest BCUT2D eigenvalue weighted by Crippen LogP contribution is 2.20. The molecule has 0 bridgehead atoms. The van der Waals surface area contributed by atoms with Gasteiger partial charge in [0.1, 0.15) is 0 Å². The quantitative estimate of drug-likeness (QED) is 0.727. The summed E-state index contributed by atoms with van der Waals surface area (Å²) in [5.41, 5.74) is 3.87. The molecule has 0 saturated carbocycles. The van der Waals surface area contributed by atoms with Crippen LogP contribution in [-0.4, -0.2) is 58.2 Å². The lowest BCUT2D eigenvalue weighted by Crippen LogP contribution is -2.41. The van der Waals surface area contributed by atoms with Crippen molar-refractivity contribution in [2.75, 3.05) is 31.6 Å². The van der Waals surface area contributed by atoms with Crippen molar-refractivity contribution < 1.29 is 14.3 Å². The molecule has 0 unspecified atom stereocenters. The van der Waals surface area contributed by atoms with Gasteiger partial charge in [0.25, 0.3) is 11.8 Å². The van der Waals surface area contributed by atoms with Crippen LogP contribution in [0.2, 0.25) is 0 Å². The Morgan fingerprint density at radius 3 is 2.75 bits per heavy atom. The van der Waals surface area contributed by atoms with E-state index in [4.69, 9.17) is 4.74 Å². The summed E-state index contributed by atoms with van der Waals surface area (Å²) in [6.45, 7) is 6.00. The molecule has 1 saturated heterocycles. The molecule has 1 aliphatic heterocycles. The minimum atomic E-state index is -0.288. The topological polar surface area (TPSA) is 100 Å². The lowest BCUT2D eigenvalue weighted by atomic mass is 10.1. The van der Waals surface area contributed by atoms with E-state index in [-0.39, 0.29) is 11.8 Å². The average Bonchev–Trinajstić information content (AvgIpc) is 3.10. The van der Waals surface area contributed by atoms with Crippen LogP contribution < -0.4 is 5.32 Å². The Morgan fingerprint density at radius 2 is 1.96 bits per heavy atom. The van der Waals surface area contributed by atoms with Crippen molar-refractivity contribution >= 4 is 28.5 Å². The molecule has 1 fully saturated rings. The number of aromatic nitrogens is 3. The molecule has 0 aliphatic carbocycles. The molecule has 0 radical (unpaired) electrons. The predicted molar refractivity (Wildman–Crippen MR) is 104 cm³/mol. The fourth-order valence-corrected chi connectivity index (χ4v) is 3.21. The molecule has 1 aliphatic rings. The van der Waals surface area contributed by atoms with Gasteiger partial charge in [0.05, 0.1) is 18.8 Å². The van der Waals surface area contributed by atoms with Crippen molar-refractivity contribution in [3.8, 4) is 0 Å². The van der Waals surface area contributed by atoms with Crippen molar-refractivity contribution in [2.45, 2.75) is 13.8 Å². The van der Waals surface area contributed by atoms with Gasteiger partial charge in [-0.25, -0.2) is 4.98 Å². The summed E-state index contributed by atoms with van der Waals surface area (Å²) in [4.78, 5) is 31.5. The van der Waals surface area contributed by atoms with Crippen LogP contribution in [0.15, 0.2) is 30.5 Å². The predicted octanol–water partition coefficient (Wildman–Crippen LogP) is 2.30. The molecule has 3 heterocycles. The maximum absolute atomic E-state index is 12.8. The monoisotopic (exact) mass is 379 g/mol. The molecule has 8 nitrogen and oxygen atoms in total. The molecule has 4 rings (SSSR count). The van der Waals surface area contributed by atoms with Crippen LogP contribution in [0.5, 0.6) is 0 Å². The number of carbonyl (C=O) groups is 2. The highest BCUT2D eigenvalue weighted by molar-refractivity contribution is 6.06. The number of morpholine rings is 1. The summed E-state index contributed by atoms with van der Waals surface area (Å²) < 4.78 is 5.31. The average molecular weight is 379 g/mol.